The first-order valence-electron chi connectivity index (χ1n) is 4.21. The first kappa shape index (κ1) is 7.77. The lowest BCUT2D eigenvalue weighted by Gasteiger charge is -2.22. The number of benzene rings is 1. The summed E-state index contributed by atoms with van der Waals surface area (Å²) in [5.74, 6) is 0. The zero-order valence-electron chi connectivity index (χ0n) is 6.92. The fourth-order valence-electron chi connectivity index (χ4n) is 1.31. The molecule has 2 rings (SSSR count). The molecule has 0 saturated carbocycles. The van der Waals surface area contributed by atoms with Crippen LogP contribution in [0.5, 0.6) is 0 Å². The number of hydrogen-bond donors (Lipinski definition) is 1. The fourth-order valence-corrected chi connectivity index (χ4v) is 1.31. The summed E-state index contributed by atoms with van der Waals surface area (Å²) in [6, 6.07) is 10.2. The van der Waals surface area contributed by atoms with Gasteiger partial charge in [-0.05, 0) is 5.56 Å². The Hall–Kier alpha value is -0.860. The Morgan fingerprint density at radius 1 is 1.17 bits per heavy atom. The van der Waals surface area contributed by atoms with Crippen molar-refractivity contribution in [3.05, 3.63) is 42.0 Å². The Labute approximate surface area is 72.5 Å². The number of hydrogen-bond acceptors (Lipinski definition) is 2. The van der Waals surface area contributed by atoms with Crippen LogP contribution in [0.2, 0.25) is 0 Å². The lowest BCUT2D eigenvalue weighted by molar-refractivity contribution is 0.129. The van der Waals surface area contributed by atoms with Crippen LogP contribution in [0.15, 0.2) is 30.3 Å². The van der Waals surface area contributed by atoms with E-state index < -0.39 is 0 Å². The molecule has 1 N–H and O–H groups in total. The minimum absolute atomic E-state index is 0.782. The van der Waals surface area contributed by atoms with Gasteiger partial charge in [-0.1, -0.05) is 30.3 Å². The number of morpholine rings is 1. The molecule has 12 heavy (non-hydrogen) atoms. The predicted octanol–water partition coefficient (Wildman–Crippen LogP) is 1.19. The van der Waals surface area contributed by atoms with E-state index in [0.717, 1.165) is 25.8 Å². The molecule has 2 nitrogen and oxygen atoms in total. The third kappa shape index (κ3) is 1.65. The van der Waals surface area contributed by atoms with Crippen molar-refractivity contribution in [3.63, 3.8) is 0 Å². The summed E-state index contributed by atoms with van der Waals surface area (Å²) < 4.78 is 5.52. The van der Waals surface area contributed by atoms with E-state index in [1.807, 2.05) is 18.2 Å². The van der Waals surface area contributed by atoms with Gasteiger partial charge in [0.1, 0.15) is 6.10 Å². The van der Waals surface area contributed by atoms with E-state index in [0.29, 0.717) is 0 Å². The molecule has 0 amide bonds. The standard InChI is InChI=1S/C10H12NO/c1-2-4-9(5-3-1)10-8-11-6-7-12-10/h1-5,11H,6-8H2. The first-order chi connectivity index (χ1) is 5.97. The predicted molar refractivity (Wildman–Crippen MR) is 47.6 cm³/mol. The second kappa shape index (κ2) is 3.70. The Bertz CT molecular complexity index is 229. The molecule has 63 valence electrons. The van der Waals surface area contributed by atoms with Crippen molar-refractivity contribution < 1.29 is 4.74 Å². The van der Waals surface area contributed by atoms with Gasteiger partial charge in [-0.15, -0.1) is 0 Å². The Balaban J connectivity index is 2.08. The van der Waals surface area contributed by atoms with Gasteiger partial charge in [0, 0.05) is 13.1 Å². The van der Waals surface area contributed by atoms with Crippen LogP contribution in [0.4, 0.5) is 0 Å². The molecular weight excluding hydrogens is 150 g/mol. The third-order valence-corrected chi connectivity index (χ3v) is 1.94. The van der Waals surface area contributed by atoms with Crippen LogP contribution >= 0.6 is 0 Å². The largest absolute Gasteiger partial charge is 0.364 e. The van der Waals surface area contributed by atoms with E-state index in [1.54, 1.807) is 0 Å². The smallest absolute Gasteiger partial charge is 0.140 e. The summed E-state index contributed by atoms with van der Waals surface area (Å²) in [7, 11) is 0. The minimum atomic E-state index is 0.782. The van der Waals surface area contributed by atoms with Crippen molar-refractivity contribution >= 4 is 0 Å². The molecule has 1 aliphatic heterocycles. The van der Waals surface area contributed by atoms with Crippen molar-refractivity contribution in [2.75, 3.05) is 19.7 Å². The monoisotopic (exact) mass is 162 g/mol. The van der Waals surface area contributed by atoms with E-state index in [1.165, 1.54) is 5.56 Å². The number of rotatable bonds is 1. The molecule has 1 heterocycles. The zero-order valence-corrected chi connectivity index (χ0v) is 6.92. The molecule has 0 spiro atoms. The molecule has 1 radical (unpaired) electrons. The maximum atomic E-state index is 5.52. The topological polar surface area (TPSA) is 21.3 Å². The van der Waals surface area contributed by atoms with Crippen molar-refractivity contribution in [3.8, 4) is 0 Å². The molecule has 0 aromatic heterocycles. The highest BCUT2D eigenvalue weighted by Gasteiger charge is 2.15. The molecule has 0 atom stereocenters. The Morgan fingerprint density at radius 2 is 2.00 bits per heavy atom. The SMILES string of the molecule is c1ccc([C]2CNCCO2)cc1. The summed E-state index contributed by atoms with van der Waals surface area (Å²) >= 11 is 0. The number of ether oxygens (including phenoxy) is 1. The summed E-state index contributed by atoms with van der Waals surface area (Å²) in [5, 5.41) is 3.27. The van der Waals surface area contributed by atoms with Crippen LogP contribution < -0.4 is 5.32 Å². The summed E-state index contributed by atoms with van der Waals surface area (Å²) in [4.78, 5) is 0. The molecule has 0 bridgehead atoms. The lowest BCUT2D eigenvalue weighted by Crippen LogP contribution is -2.33. The first-order valence-corrected chi connectivity index (χ1v) is 4.21. The van der Waals surface area contributed by atoms with Crippen molar-refractivity contribution in [2.24, 2.45) is 0 Å². The van der Waals surface area contributed by atoms with E-state index in [-0.39, 0.29) is 0 Å². The van der Waals surface area contributed by atoms with Crippen LogP contribution in [0.1, 0.15) is 5.56 Å². The van der Waals surface area contributed by atoms with Crippen molar-refractivity contribution in [1.29, 1.82) is 0 Å². The summed E-state index contributed by atoms with van der Waals surface area (Å²) in [6.45, 7) is 2.59. The molecule has 1 aromatic rings. The van der Waals surface area contributed by atoms with Crippen LogP contribution in [-0.2, 0) is 4.74 Å². The zero-order chi connectivity index (χ0) is 8.23. The summed E-state index contributed by atoms with van der Waals surface area (Å²) in [6.07, 6.45) is 1.06. The molecule has 2 heteroatoms. The van der Waals surface area contributed by atoms with Crippen LogP contribution in [0.25, 0.3) is 0 Å². The van der Waals surface area contributed by atoms with E-state index in [2.05, 4.69) is 17.4 Å². The van der Waals surface area contributed by atoms with Crippen molar-refractivity contribution in [2.45, 2.75) is 0 Å². The molecule has 0 unspecified atom stereocenters. The van der Waals surface area contributed by atoms with Gasteiger partial charge in [0.15, 0.2) is 0 Å². The molecule has 1 saturated heterocycles. The van der Waals surface area contributed by atoms with Gasteiger partial charge in [-0.3, -0.25) is 0 Å². The van der Waals surface area contributed by atoms with Crippen molar-refractivity contribution in [1.82, 2.24) is 5.32 Å². The van der Waals surface area contributed by atoms with Gasteiger partial charge in [0.25, 0.3) is 0 Å². The van der Waals surface area contributed by atoms with Gasteiger partial charge in [-0.2, -0.15) is 0 Å². The average Bonchev–Trinajstić information content (AvgIpc) is 2.21. The van der Waals surface area contributed by atoms with Gasteiger partial charge < -0.3 is 10.1 Å². The highest BCUT2D eigenvalue weighted by atomic mass is 16.5. The Morgan fingerprint density at radius 3 is 2.67 bits per heavy atom. The lowest BCUT2D eigenvalue weighted by atomic mass is 10.1. The van der Waals surface area contributed by atoms with Gasteiger partial charge in [-0.25, -0.2) is 0 Å². The molecule has 0 aliphatic carbocycles. The van der Waals surface area contributed by atoms with E-state index in [9.17, 15) is 0 Å². The van der Waals surface area contributed by atoms with E-state index >= 15 is 0 Å². The number of nitrogens with one attached hydrogen (secondary N) is 1. The molecule has 1 fully saturated rings. The normalized spacial score (nSPS) is 19.3. The van der Waals surface area contributed by atoms with Gasteiger partial charge >= 0.3 is 0 Å². The van der Waals surface area contributed by atoms with Gasteiger partial charge in [0.05, 0.1) is 6.61 Å². The third-order valence-electron chi connectivity index (χ3n) is 1.94. The minimum Gasteiger partial charge on any atom is -0.364 e. The average molecular weight is 162 g/mol. The maximum Gasteiger partial charge on any atom is 0.140 e. The van der Waals surface area contributed by atoms with Crippen LogP contribution in [0, 0.1) is 6.10 Å². The molecule has 1 aliphatic rings. The van der Waals surface area contributed by atoms with E-state index in [4.69, 9.17) is 4.74 Å². The van der Waals surface area contributed by atoms with Gasteiger partial charge in [0.2, 0.25) is 0 Å². The molecule has 1 aromatic carbocycles. The summed E-state index contributed by atoms with van der Waals surface area (Å²) in [5.41, 5.74) is 1.18. The second-order valence-electron chi connectivity index (χ2n) is 2.81. The second-order valence-corrected chi connectivity index (χ2v) is 2.81. The molecular formula is C10H12NO. The van der Waals surface area contributed by atoms with Crippen LogP contribution in [-0.4, -0.2) is 19.7 Å². The fraction of sp³-hybridized carbons (Fsp3) is 0.300. The maximum absolute atomic E-state index is 5.52. The quantitative estimate of drug-likeness (QED) is 0.669. The highest BCUT2D eigenvalue weighted by molar-refractivity contribution is 5.27. The Kier molecular flexibility index (Phi) is 2.39. The van der Waals surface area contributed by atoms with Crippen LogP contribution in [0.3, 0.4) is 0 Å². The highest BCUT2D eigenvalue weighted by Crippen LogP contribution is 2.16.